The summed E-state index contributed by atoms with van der Waals surface area (Å²) in [5, 5.41) is 2.19. The average Bonchev–Trinajstić information content (AvgIpc) is 3.23. The second kappa shape index (κ2) is 8.80. The van der Waals surface area contributed by atoms with E-state index in [0.29, 0.717) is 32.1 Å². The summed E-state index contributed by atoms with van der Waals surface area (Å²) in [6.07, 6.45) is 6.62. The van der Waals surface area contributed by atoms with E-state index in [4.69, 9.17) is 25.4 Å². The van der Waals surface area contributed by atoms with Crippen LogP contribution in [-0.2, 0) is 9.59 Å². The van der Waals surface area contributed by atoms with Crippen LogP contribution in [0.3, 0.4) is 0 Å². The third kappa shape index (κ3) is 3.94. The Bertz CT molecular complexity index is 1220. The number of imide groups is 2. The summed E-state index contributed by atoms with van der Waals surface area (Å²) in [4.78, 5) is 38.9. The zero-order chi connectivity index (χ0) is 22.8. The minimum atomic E-state index is -0.860. The number of terminal acetylenes is 1. The van der Waals surface area contributed by atoms with Gasteiger partial charge in [-0.15, -0.1) is 6.42 Å². The molecule has 4 amide bonds. The van der Waals surface area contributed by atoms with Crippen molar-refractivity contribution in [2.24, 2.45) is 0 Å². The van der Waals surface area contributed by atoms with Crippen LogP contribution in [0.5, 0.6) is 23.0 Å². The lowest BCUT2D eigenvalue weighted by molar-refractivity contribution is -0.122. The molecule has 0 unspecified atom stereocenters. The first-order chi connectivity index (χ1) is 15.4. The second-order valence-electron chi connectivity index (χ2n) is 6.52. The average molecular weight is 546 g/mol. The molecular weight excluding hydrogens is 531 g/mol. The number of ether oxygens (including phenoxy) is 4. The van der Waals surface area contributed by atoms with Crippen molar-refractivity contribution in [3.63, 3.8) is 0 Å². The maximum atomic E-state index is 13.1. The fraction of sp³-hybridized carbons (Fsp3) is 0.136. The molecule has 2 aliphatic rings. The first-order valence-electron chi connectivity index (χ1n) is 9.18. The van der Waals surface area contributed by atoms with Gasteiger partial charge in [-0.05, 0) is 58.5 Å². The van der Waals surface area contributed by atoms with Crippen LogP contribution in [0.25, 0.3) is 6.08 Å². The quantitative estimate of drug-likeness (QED) is 0.266. The van der Waals surface area contributed by atoms with Crippen molar-refractivity contribution in [3.8, 4) is 35.3 Å². The number of nitrogens with one attached hydrogen (secondary N) is 1. The molecule has 2 aliphatic heterocycles. The molecule has 9 nitrogen and oxygen atoms in total. The summed E-state index contributed by atoms with van der Waals surface area (Å²) >= 11 is 2.03. The van der Waals surface area contributed by atoms with E-state index in [1.807, 2.05) is 22.6 Å². The molecule has 2 heterocycles. The number of carbonyl (C=O) groups excluding carboxylic acids is 3. The van der Waals surface area contributed by atoms with E-state index in [1.54, 1.807) is 18.2 Å². The number of halogens is 1. The number of methoxy groups -OCH3 is 1. The Labute approximate surface area is 196 Å². The third-order valence-corrected chi connectivity index (χ3v) is 5.38. The van der Waals surface area contributed by atoms with Gasteiger partial charge < -0.3 is 18.9 Å². The minimum Gasteiger partial charge on any atom is -0.493 e. The highest BCUT2D eigenvalue weighted by Gasteiger charge is 2.37. The zero-order valence-corrected chi connectivity index (χ0v) is 18.8. The predicted octanol–water partition coefficient (Wildman–Crippen LogP) is 2.71. The lowest BCUT2D eigenvalue weighted by Crippen LogP contribution is -2.54. The van der Waals surface area contributed by atoms with E-state index in [9.17, 15) is 14.4 Å². The smallest absolute Gasteiger partial charge is 0.335 e. The molecule has 2 aromatic carbocycles. The van der Waals surface area contributed by atoms with Gasteiger partial charge in [0.15, 0.2) is 23.0 Å². The van der Waals surface area contributed by atoms with Crippen LogP contribution in [0.4, 0.5) is 10.5 Å². The largest absolute Gasteiger partial charge is 0.493 e. The summed E-state index contributed by atoms with van der Waals surface area (Å²) < 4.78 is 22.1. The number of carbonyl (C=O) groups is 3. The fourth-order valence-corrected chi connectivity index (χ4v) is 3.94. The van der Waals surface area contributed by atoms with Crippen molar-refractivity contribution in [1.29, 1.82) is 0 Å². The van der Waals surface area contributed by atoms with E-state index < -0.39 is 17.8 Å². The van der Waals surface area contributed by atoms with Gasteiger partial charge in [0.25, 0.3) is 11.8 Å². The summed E-state index contributed by atoms with van der Waals surface area (Å²) in [6, 6.07) is 7.05. The number of rotatable bonds is 5. The van der Waals surface area contributed by atoms with Crippen LogP contribution >= 0.6 is 22.6 Å². The maximum Gasteiger partial charge on any atom is 0.335 e. The molecule has 0 radical (unpaired) electrons. The molecule has 0 atom stereocenters. The topological polar surface area (TPSA) is 103 Å². The Morgan fingerprint density at radius 3 is 2.75 bits per heavy atom. The highest BCUT2D eigenvalue weighted by Crippen LogP contribution is 2.37. The number of hydrogen-bond acceptors (Lipinski definition) is 7. The lowest BCUT2D eigenvalue weighted by atomic mass is 10.1. The van der Waals surface area contributed by atoms with Crippen LogP contribution in [0.1, 0.15) is 5.56 Å². The Hall–Kier alpha value is -3.72. The lowest BCUT2D eigenvalue weighted by Gasteiger charge is -2.26. The van der Waals surface area contributed by atoms with Gasteiger partial charge >= 0.3 is 6.03 Å². The predicted molar refractivity (Wildman–Crippen MR) is 122 cm³/mol. The molecule has 32 heavy (non-hydrogen) atoms. The number of amides is 4. The van der Waals surface area contributed by atoms with Gasteiger partial charge in [0.2, 0.25) is 6.79 Å². The number of barbiturate groups is 1. The first-order valence-corrected chi connectivity index (χ1v) is 10.3. The van der Waals surface area contributed by atoms with Gasteiger partial charge in [-0.2, -0.15) is 0 Å². The normalized spacial score (nSPS) is 16.1. The standard InChI is InChI=1S/C22H15IN2O7/c1-3-6-30-19-15(23)8-12(9-18(19)29-2)7-14-20(26)24-22(28)25(21(14)27)13-4-5-16-17(10-13)32-11-31-16/h1,4-5,7-10H,6,11H2,2H3,(H,24,26,28)/b14-7+. The van der Waals surface area contributed by atoms with Crippen molar-refractivity contribution in [1.82, 2.24) is 5.32 Å². The second-order valence-corrected chi connectivity index (χ2v) is 7.68. The van der Waals surface area contributed by atoms with Gasteiger partial charge in [-0.1, -0.05) is 5.92 Å². The molecule has 0 aromatic heterocycles. The molecule has 1 fully saturated rings. The number of benzene rings is 2. The highest BCUT2D eigenvalue weighted by atomic mass is 127. The molecule has 1 N–H and O–H groups in total. The highest BCUT2D eigenvalue weighted by molar-refractivity contribution is 14.1. The molecule has 4 rings (SSSR count). The molecule has 0 bridgehead atoms. The van der Waals surface area contributed by atoms with Crippen LogP contribution in [-0.4, -0.2) is 38.4 Å². The van der Waals surface area contributed by atoms with Crippen molar-refractivity contribution in [2.45, 2.75) is 0 Å². The Kier molecular flexibility index (Phi) is 5.91. The molecule has 1 saturated heterocycles. The number of hydrogen-bond donors (Lipinski definition) is 1. The first kappa shape index (κ1) is 21.5. The summed E-state index contributed by atoms with van der Waals surface area (Å²) in [7, 11) is 1.46. The third-order valence-electron chi connectivity index (χ3n) is 4.58. The van der Waals surface area contributed by atoms with Crippen LogP contribution < -0.4 is 29.2 Å². The number of urea groups is 1. The van der Waals surface area contributed by atoms with Gasteiger partial charge in [-0.25, -0.2) is 9.69 Å². The zero-order valence-electron chi connectivity index (χ0n) is 16.6. The molecular formula is C22H15IN2O7. The SMILES string of the molecule is C#CCOc1c(I)cc(/C=C2\C(=O)NC(=O)N(c3ccc4c(c3)OCO4)C2=O)cc1OC. The molecule has 0 aliphatic carbocycles. The monoisotopic (exact) mass is 546 g/mol. The molecule has 2 aromatic rings. The van der Waals surface area contributed by atoms with Crippen molar-refractivity contribution < 1.29 is 33.3 Å². The van der Waals surface area contributed by atoms with Crippen molar-refractivity contribution in [2.75, 3.05) is 25.4 Å². The summed E-state index contributed by atoms with van der Waals surface area (Å²) in [5.74, 6) is 2.52. The summed E-state index contributed by atoms with van der Waals surface area (Å²) in [5.41, 5.74) is 0.510. The number of fused-ring (bicyclic) bond motifs is 1. The molecule has 0 saturated carbocycles. The van der Waals surface area contributed by atoms with E-state index in [-0.39, 0.29) is 24.7 Å². The van der Waals surface area contributed by atoms with Crippen molar-refractivity contribution in [3.05, 3.63) is 45.0 Å². The van der Waals surface area contributed by atoms with Crippen LogP contribution in [0.15, 0.2) is 35.9 Å². The fourth-order valence-electron chi connectivity index (χ4n) is 3.16. The van der Waals surface area contributed by atoms with E-state index in [2.05, 4.69) is 11.2 Å². The van der Waals surface area contributed by atoms with Gasteiger partial charge in [0.05, 0.1) is 16.4 Å². The van der Waals surface area contributed by atoms with Gasteiger partial charge in [-0.3, -0.25) is 14.9 Å². The van der Waals surface area contributed by atoms with E-state index >= 15 is 0 Å². The number of nitrogens with zero attached hydrogens (tertiary/aromatic N) is 1. The van der Waals surface area contributed by atoms with Gasteiger partial charge in [0, 0.05) is 6.07 Å². The number of anilines is 1. The molecule has 10 heteroatoms. The van der Waals surface area contributed by atoms with E-state index in [0.717, 1.165) is 4.90 Å². The van der Waals surface area contributed by atoms with Gasteiger partial charge in [0.1, 0.15) is 12.2 Å². The Balaban J connectivity index is 1.71. The van der Waals surface area contributed by atoms with Crippen LogP contribution in [0, 0.1) is 15.9 Å². The Morgan fingerprint density at radius 2 is 2.00 bits per heavy atom. The molecule has 162 valence electrons. The van der Waals surface area contributed by atoms with E-state index in [1.165, 1.54) is 25.3 Å². The maximum absolute atomic E-state index is 13.1. The Morgan fingerprint density at radius 1 is 1.22 bits per heavy atom. The van der Waals surface area contributed by atoms with Crippen LogP contribution in [0.2, 0.25) is 0 Å². The van der Waals surface area contributed by atoms with Crippen molar-refractivity contribution >= 4 is 52.2 Å². The molecule has 0 spiro atoms. The minimum absolute atomic E-state index is 0.0457. The summed E-state index contributed by atoms with van der Waals surface area (Å²) in [6.45, 7) is 0.102.